The van der Waals surface area contributed by atoms with Gasteiger partial charge in [0.25, 0.3) is 0 Å². The van der Waals surface area contributed by atoms with Gasteiger partial charge in [0.05, 0.1) is 0 Å². The fourth-order valence-corrected chi connectivity index (χ4v) is 4.42. The van der Waals surface area contributed by atoms with E-state index in [1.165, 1.54) is 55.5 Å². The van der Waals surface area contributed by atoms with E-state index in [9.17, 15) is 0 Å². The molecule has 0 radical (unpaired) electrons. The molecule has 0 amide bonds. The Balaban J connectivity index is 0.000000137. The lowest BCUT2D eigenvalue weighted by atomic mass is 9.86. The number of nitrogens with zero attached hydrogens (tertiary/aromatic N) is 4. The minimum Gasteiger partial charge on any atom is -0.388 e. The smallest absolute Gasteiger partial charge is 0.115 e. The van der Waals surface area contributed by atoms with Gasteiger partial charge in [0.2, 0.25) is 0 Å². The van der Waals surface area contributed by atoms with Crippen LogP contribution in [0.15, 0.2) is 85.6 Å². The SMILES string of the molecule is C(=C1CCN1)c1cncnc1.C(=Cc1cccnc1)CC1CCNC1.CC1(CC=Cc2cccnc2)CCN1. The summed E-state index contributed by atoms with van der Waals surface area (Å²) in [7, 11) is 0. The fourth-order valence-electron chi connectivity index (χ4n) is 4.42. The van der Waals surface area contributed by atoms with Crippen molar-refractivity contribution in [2.75, 3.05) is 26.2 Å². The van der Waals surface area contributed by atoms with Gasteiger partial charge < -0.3 is 16.0 Å². The lowest BCUT2D eigenvalue weighted by molar-refractivity contribution is 0.236. The molecule has 204 valence electrons. The Bertz CT molecular complexity index is 1160. The molecule has 3 aromatic heterocycles. The molecule has 3 saturated heterocycles. The molecule has 6 rings (SSSR count). The standard InChI is InChI=1S/2C12H16N2.C8H9N3/c1-12(7-9-14-12)6-2-4-11-5-3-8-13-10-11;1(4-12-6-8-14-10-12)3-11-5-2-7-13-9-11;1-2-11-8(1)3-7-4-9-6-10-5-7/h2-5,8,10,14H,6-7,9H2,1H3;1-3,5,7,9,12,14H,4,6,8,10H2;3-6,11H,1-2H2. The van der Waals surface area contributed by atoms with Gasteiger partial charge in [-0.2, -0.15) is 0 Å². The number of allylic oxidation sites excluding steroid dienone is 1. The first-order valence-corrected chi connectivity index (χ1v) is 14.0. The molecule has 0 bridgehead atoms. The van der Waals surface area contributed by atoms with Crippen molar-refractivity contribution in [3.05, 3.63) is 102 Å². The molecular formula is C32H41N7. The Morgan fingerprint density at radius 3 is 2.05 bits per heavy atom. The van der Waals surface area contributed by atoms with E-state index >= 15 is 0 Å². The quantitative estimate of drug-likeness (QED) is 0.395. The number of pyridine rings is 2. The third kappa shape index (κ3) is 10.5. The van der Waals surface area contributed by atoms with Gasteiger partial charge in [0.15, 0.2) is 0 Å². The molecule has 0 spiro atoms. The van der Waals surface area contributed by atoms with Gasteiger partial charge in [-0.1, -0.05) is 36.4 Å². The van der Waals surface area contributed by atoms with Crippen LogP contribution in [-0.2, 0) is 0 Å². The first kappa shape index (κ1) is 28.3. The Labute approximate surface area is 233 Å². The van der Waals surface area contributed by atoms with Crippen LogP contribution in [0.25, 0.3) is 18.2 Å². The number of hydrogen-bond acceptors (Lipinski definition) is 7. The van der Waals surface area contributed by atoms with E-state index in [1.54, 1.807) is 24.8 Å². The van der Waals surface area contributed by atoms with Crippen molar-refractivity contribution < 1.29 is 0 Å². The zero-order valence-corrected chi connectivity index (χ0v) is 23.0. The van der Waals surface area contributed by atoms with E-state index in [-0.39, 0.29) is 0 Å². The molecule has 2 unspecified atom stereocenters. The Hall–Kier alpha value is -3.68. The molecule has 3 aromatic rings. The van der Waals surface area contributed by atoms with E-state index in [1.807, 2.05) is 24.5 Å². The Morgan fingerprint density at radius 1 is 0.872 bits per heavy atom. The summed E-state index contributed by atoms with van der Waals surface area (Å²) in [5.74, 6) is 0.836. The molecule has 6 heterocycles. The van der Waals surface area contributed by atoms with Crippen LogP contribution < -0.4 is 16.0 Å². The van der Waals surface area contributed by atoms with Gasteiger partial charge in [-0.15, -0.1) is 0 Å². The second kappa shape index (κ2) is 15.7. The predicted octanol–water partition coefficient (Wildman–Crippen LogP) is 5.14. The average molecular weight is 524 g/mol. The Kier molecular flexibility index (Phi) is 11.4. The molecule has 3 aliphatic rings. The van der Waals surface area contributed by atoms with Crippen LogP contribution in [0.4, 0.5) is 0 Å². The van der Waals surface area contributed by atoms with Crippen LogP contribution in [0.1, 0.15) is 55.7 Å². The highest BCUT2D eigenvalue weighted by molar-refractivity contribution is 5.51. The van der Waals surface area contributed by atoms with Crippen molar-refractivity contribution in [2.45, 2.75) is 44.6 Å². The molecule has 39 heavy (non-hydrogen) atoms. The minimum atomic E-state index is 0.346. The first-order valence-electron chi connectivity index (χ1n) is 14.0. The maximum absolute atomic E-state index is 4.07. The highest BCUT2D eigenvalue weighted by Crippen LogP contribution is 2.22. The molecule has 2 atom stereocenters. The lowest BCUT2D eigenvalue weighted by Gasteiger charge is -2.39. The topological polar surface area (TPSA) is 87.7 Å². The van der Waals surface area contributed by atoms with Crippen LogP contribution in [0.2, 0.25) is 0 Å². The van der Waals surface area contributed by atoms with Gasteiger partial charge in [-0.05, 0) is 87.5 Å². The Morgan fingerprint density at radius 2 is 1.54 bits per heavy atom. The molecule has 3 fully saturated rings. The maximum atomic E-state index is 4.07. The van der Waals surface area contributed by atoms with Gasteiger partial charge in [-0.25, -0.2) is 9.97 Å². The van der Waals surface area contributed by atoms with Crippen molar-refractivity contribution in [3.63, 3.8) is 0 Å². The van der Waals surface area contributed by atoms with E-state index in [0.717, 1.165) is 37.4 Å². The number of rotatable bonds is 7. The van der Waals surface area contributed by atoms with Crippen LogP contribution in [0, 0.1) is 5.92 Å². The summed E-state index contributed by atoms with van der Waals surface area (Å²) in [6, 6.07) is 8.08. The van der Waals surface area contributed by atoms with Gasteiger partial charge in [0, 0.05) is 66.9 Å². The number of aromatic nitrogens is 4. The van der Waals surface area contributed by atoms with Gasteiger partial charge in [0.1, 0.15) is 6.33 Å². The second-order valence-corrected chi connectivity index (χ2v) is 10.4. The monoisotopic (exact) mass is 523 g/mol. The first-order chi connectivity index (χ1) is 19.2. The molecular weight excluding hydrogens is 482 g/mol. The molecule has 7 heteroatoms. The molecule has 3 aliphatic heterocycles. The third-order valence-electron chi connectivity index (χ3n) is 7.09. The average Bonchev–Trinajstić information content (AvgIpc) is 3.46. The minimum absolute atomic E-state index is 0.346. The molecule has 0 aromatic carbocycles. The summed E-state index contributed by atoms with van der Waals surface area (Å²) < 4.78 is 0. The second-order valence-electron chi connectivity index (χ2n) is 10.4. The third-order valence-corrected chi connectivity index (χ3v) is 7.09. The summed E-state index contributed by atoms with van der Waals surface area (Å²) in [4.78, 5) is 16.0. The van der Waals surface area contributed by atoms with Gasteiger partial charge >= 0.3 is 0 Å². The molecule has 0 aliphatic carbocycles. The van der Waals surface area contributed by atoms with Crippen molar-refractivity contribution in [3.8, 4) is 0 Å². The zero-order valence-electron chi connectivity index (χ0n) is 23.0. The van der Waals surface area contributed by atoms with E-state index in [0.29, 0.717) is 5.54 Å². The largest absolute Gasteiger partial charge is 0.388 e. The molecule has 7 nitrogen and oxygen atoms in total. The van der Waals surface area contributed by atoms with Crippen molar-refractivity contribution in [1.82, 2.24) is 35.9 Å². The highest BCUT2D eigenvalue weighted by Gasteiger charge is 2.29. The van der Waals surface area contributed by atoms with Crippen molar-refractivity contribution in [1.29, 1.82) is 0 Å². The van der Waals surface area contributed by atoms with Crippen LogP contribution in [0.3, 0.4) is 0 Å². The summed E-state index contributed by atoms with van der Waals surface area (Å²) in [5.41, 5.74) is 5.06. The number of nitrogens with one attached hydrogen (secondary N) is 3. The van der Waals surface area contributed by atoms with Crippen LogP contribution in [-0.4, -0.2) is 51.7 Å². The zero-order chi connectivity index (χ0) is 27.0. The molecule has 0 saturated carbocycles. The highest BCUT2D eigenvalue weighted by atomic mass is 15.0. The van der Waals surface area contributed by atoms with E-state index in [4.69, 9.17) is 0 Å². The lowest BCUT2D eigenvalue weighted by Crippen LogP contribution is -2.54. The van der Waals surface area contributed by atoms with E-state index < -0.39 is 0 Å². The fraction of sp³-hybridized carbons (Fsp3) is 0.375. The van der Waals surface area contributed by atoms with Gasteiger partial charge in [-0.3, -0.25) is 9.97 Å². The summed E-state index contributed by atoms with van der Waals surface area (Å²) in [6.07, 6.45) is 29.4. The normalized spacial score (nSPS) is 22.7. The number of hydrogen-bond donors (Lipinski definition) is 3. The summed E-state index contributed by atoms with van der Waals surface area (Å²) in [5, 5.41) is 10.0. The summed E-state index contributed by atoms with van der Waals surface area (Å²) in [6.45, 7) is 6.89. The van der Waals surface area contributed by atoms with Crippen LogP contribution >= 0.6 is 0 Å². The van der Waals surface area contributed by atoms with Crippen molar-refractivity contribution >= 4 is 18.2 Å². The molecule has 3 N–H and O–H groups in total. The van der Waals surface area contributed by atoms with E-state index in [2.05, 4.69) is 85.3 Å². The summed E-state index contributed by atoms with van der Waals surface area (Å²) >= 11 is 0. The predicted molar refractivity (Wildman–Crippen MR) is 160 cm³/mol. The van der Waals surface area contributed by atoms with Crippen molar-refractivity contribution in [2.24, 2.45) is 5.92 Å². The maximum Gasteiger partial charge on any atom is 0.115 e. The van der Waals surface area contributed by atoms with Crippen LogP contribution in [0.5, 0.6) is 0 Å².